The normalized spacial score (nSPS) is 11.1. The van der Waals surface area contributed by atoms with E-state index in [9.17, 15) is 14.9 Å². The number of H-pyrrole nitrogens is 1. The van der Waals surface area contributed by atoms with Gasteiger partial charge in [-0.1, -0.05) is 30.3 Å². The minimum absolute atomic E-state index is 0.236. The molecule has 6 nitrogen and oxygen atoms in total. The molecule has 0 spiro atoms. The first-order chi connectivity index (χ1) is 13.3. The minimum atomic E-state index is -0.543. The van der Waals surface area contributed by atoms with Crippen LogP contribution in [0, 0.1) is 11.3 Å². The van der Waals surface area contributed by atoms with Crippen LogP contribution in [0.5, 0.6) is 0 Å². The molecule has 0 bridgehead atoms. The second-order valence-corrected chi connectivity index (χ2v) is 7.44. The zero-order valence-corrected chi connectivity index (χ0v) is 16.0. The molecule has 0 atom stereocenters. The number of nitrogens with one attached hydrogen (secondary N) is 2. The van der Waals surface area contributed by atoms with Crippen LogP contribution in [0.4, 0.5) is 4.79 Å². The average Bonchev–Trinajstić information content (AvgIpc) is 2.65. The summed E-state index contributed by atoms with van der Waals surface area (Å²) < 4.78 is 5.21. The van der Waals surface area contributed by atoms with Crippen molar-refractivity contribution in [2.75, 3.05) is 0 Å². The Morgan fingerprint density at radius 3 is 2.50 bits per heavy atom. The van der Waals surface area contributed by atoms with Crippen LogP contribution in [0.25, 0.3) is 22.0 Å². The van der Waals surface area contributed by atoms with Crippen molar-refractivity contribution >= 4 is 16.9 Å². The summed E-state index contributed by atoms with van der Waals surface area (Å²) in [5, 5.41) is 13.1. The van der Waals surface area contributed by atoms with E-state index in [-0.39, 0.29) is 5.56 Å². The third-order valence-electron chi connectivity index (χ3n) is 4.11. The fourth-order valence-electron chi connectivity index (χ4n) is 2.83. The number of rotatable bonds is 3. The Morgan fingerprint density at radius 1 is 1.14 bits per heavy atom. The van der Waals surface area contributed by atoms with E-state index in [2.05, 4.69) is 16.4 Å². The number of hydrogen-bond donors (Lipinski definition) is 2. The van der Waals surface area contributed by atoms with Crippen LogP contribution >= 0.6 is 0 Å². The van der Waals surface area contributed by atoms with E-state index in [1.807, 2.05) is 51.1 Å². The van der Waals surface area contributed by atoms with Crippen LogP contribution in [0.1, 0.15) is 31.9 Å². The number of hydrogen-bond acceptors (Lipinski definition) is 4. The van der Waals surface area contributed by atoms with Gasteiger partial charge >= 0.3 is 6.09 Å². The van der Waals surface area contributed by atoms with Crippen LogP contribution in [-0.2, 0) is 11.3 Å². The molecule has 28 heavy (non-hydrogen) atoms. The SMILES string of the molecule is CC(C)(C)OC(=O)NCc1ccc(-c2cc3c(C#N)cccc3c(=O)[nH]2)cc1. The molecule has 0 fully saturated rings. The highest BCUT2D eigenvalue weighted by molar-refractivity contribution is 5.89. The number of nitrogens with zero attached hydrogens (tertiary/aromatic N) is 1. The molecular weight excluding hydrogens is 354 g/mol. The molecule has 0 radical (unpaired) electrons. The first kappa shape index (κ1) is 19.2. The molecule has 0 aliphatic carbocycles. The lowest BCUT2D eigenvalue weighted by Gasteiger charge is -2.19. The number of aromatic amines is 1. The van der Waals surface area contributed by atoms with E-state index in [1.165, 1.54) is 0 Å². The summed E-state index contributed by atoms with van der Waals surface area (Å²) in [4.78, 5) is 27.0. The standard InChI is InChI=1S/C22H21N3O3/c1-22(2,3)28-21(27)24-13-14-7-9-15(10-8-14)19-11-18-16(12-23)5-4-6-17(18)20(26)25-19/h4-11H,13H2,1-3H3,(H,24,27)(H,25,26). The molecule has 1 amide bonds. The monoisotopic (exact) mass is 375 g/mol. The zero-order chi connectivity index (χ0) is 20.3. The smallest absolute Gasteiger partial charge is 0.407 e. The van der Waals surface area contributed by atoms with Crippen molar-refractivity contribution in [3.05, 3.63) is 70.0 Å². The number of fused-ring (bicyclic) bond motifs is 1. The molecule has 0 aliphatic rings. The lowest BCUT2D eigenvalue weighted by molar-refractivity contribution is 0.0523. The van der Waals surface area contributed by atoms with E-state index >= 15 is 0 Å². The lowest BCUT2D eigenvalue weighted by atomic mass is 10.0. The number of aromatic nitrogens is 1. The topological polar surface area (TPSA) is 95.0 Å². The number of amides is 1. The van der Waals surface area contributed by atoms with Crippen LogP contribution in [0.2, 0.25) is 0 Å². The van der Waals surface area contributed by atoms with Crippen LogP contribution in [0.15, 0.2) is 53.3 Å². The molecule has 3 aromatic rings. The van der Waals surface area contributed by atoms with Gasteiger partial charge in [0.25, 0.3) is 5.56 Å². The van der Waals surface area contributed by atoms with E-state index in [0.29, 0.717) is 28.6 Å². The Morgan fingerprint density at radius 2 is 1.86 bits per heavy atom. The highest BCUT2D eigenvalue weighted by Gasteiger charge is 2.15. The fraction of sp³-hybridized carbons (Fsp3) is 0.227. The van der Waals surface area contributed by atoms with Gasteiger partial charge in [0.1, 0.15) is 5.60 Å². The predicted molar refractivity (Wildman–Crippen MR) is 108 cm³/mol. The maximum absolute atomic E-state index is 12.4. The quantitative estimate of drug-likeness (QED) is 0.721. The predicted octanol–water partition coefficient (Wildman–Crippen LogP) is 4.09. The Kier molecular flexibility index (Phi) is 5.18. The highest BCUT2D eigenvalue weighted by Crippen LogP contribution is 2.22. The maximum Gasteiger partial charge on any atom is 0.407 e. The summed E-state index contributed by atoms with van der Waals surface area (Å²) in [7, 11) is 0. The molecule has 2 aromatic carbocycles. The van der Waals surface area contributed by atoms with Crippen LogP contribution < -0.4 is 10.9 Å². The summed E-state index contributed by atoms with van der Waals surface area (Å²) in [6, 6.07) is 16.5. The summed E-state index contributed by atoms with van der Waals surface area (Å²) >= 11 is 0. The molecule has 3 rings (SSSR count). The summed E-state index contributed by atoms with van der Waals surface area (Å²) in [6.07, 6.45) is -0.473. The second-order valence-electron chi connectivity index (χ2n) is 7.44. The largest absolute Gasteiger partial charge is 0.444 e. The Bertz CT molecular complexity index is 1120. The van der Waals surface area contributed by atoms with Crippen molar-refractivity contribution in [2.45, 2.75) is 32.9 Å². The van der Waals surface area contributed by atoms with E-state index in [1.54, 1.807) is 18.2 Å². The number of pyridine rings is 1. The number of alkyl carbamates (subject to hydrolysis) is 1. The Balaban J connectivity index is 1.81. The number of benzene rings is 2. The molecule has 0 saturated carbocycles. The average molecular weight is 375 g/mol. The van der Waals surface area contributed by atoms with Gasteiger partial charge in [0, 0.05) is 23.0 Å². The van der Waals surface area contributed by atoms with Crippen molar-refractivity contribution in [3.8, 4) is 17.3 Å². The van der Waals surface area contributed by atoms with Gasteiger partial charge in [-0.15, -0.1) is 0 Å². The van der Waals surface area contributed by atoms with Crippen molar-refractivity contribution in [3.63, 3.8) is 0 Å². The van der Waals surface area contributed by atoms with Crippen LogP contribution in [0.3, 0.4) is 0 Å². The van der Waals surface area contributed by atoms with Crippen molar-refractivity contribution in [2.24, 2.45) is 0 Å². The first-order valence-corrected chi connectivity index (χ1v) is 8.89. The zero-order valence-electron chi connectivity index (χ0n) is 16.0. The minimum Gasteiger partial charge on any atom is -0.444 e. The lowest BCUT2D eigenvalue weighted by Crippen LogP contribution is -2.32. The third kappa shape index (κ3) is 4.38. The molecule has 142 valence electrons. The van der Waals surface area contributed by atoms with Crippen molar-refractivity contribution < 1.29 is 9.53 Å². The Labute approximate surface area is 162 Å². The summed E-state index contributed by atoms with van der Waals surface area (Å²) in [5.41, 5.74) is 2.02. The second kappa shape index (κ2) is 7.57. The van der Waals surface area contributed by atoms with Crippen molar-refractivity contribution in [1.29, 1.82) is 5.26 Å². The third-order valence-corrected chi connectivity index (χ3v) is 4.11. The molecule has 0 saturated heterocycles. The van der Waals surface area contributed by atoms with Gasteiger partial charge in [-0.3, -0.25) is 4.79 Å². The van der Waals surface area contributed by atoms with Gasteiger partial charge in [-0.2, -0.15) is 5.26 Å². The summed E-state index contributed by atoms with van der Waals surface area (Å²) in [5.74, 6) is 0. The molecule has 6 heteroatoms. The van der Waals surface area contributed by atoms with Gasteiger partial charge < -0.3 is 15.0 Å². The van der Waals surface area contributed by atoms with Gasteiger partial charge in [0.2, 0.25) is 0 Å². The number of carbonyl (C=O) groups excluding carboxylic acids is 1. The van der Waals surface area contributed by atoms with Crippen molar-refractivity contribution in [1.82, 2.24) is 10.3 Å². The Hall–Kier alpha value is -3.59. The van der Waals surface area contributed by atoms with Crippen LogP contribution in [-0.4, -0.2) is 16.7 Å². The first-order valence-electron chi connectivity index (χ1n) is 8.89. The molecule has 2 N–H and O–H groups in total. The number of carbonyl (C=O) groups is 1. The van der Waals surface area contributed by atoms with Gasteiger partial charge in [-0.25, -0.2) is 4.79 Å². The number of ether oxygens (including phenoxy) is 1. The fourth-order valence-corrected chi connectivity index (χ4v) is 2.83. The van der Waals surface area contributed by atoms with E-state index in [4.69, 9.17) is 4.74 Å². The molecular formula is C22H21N3O3. The van der Waals surface area contributed by atoms with Gasteiger partial charge in [0.15, 0.2) is 0 Å². The maximum atomic E-state index is 12.4. The molecule has 0 unspecified atom stereocenters. The van der Waals surface area contributed by atoms with E-state index in [0.717, 1.165) is 11.1 Å². The molecule has 1 aromatic heterocycles. The number of nitriles is 1. The highest BCUT2D eigenvalue weighted by atomic mass is 16.6. The van der Waals surface area contributed by atoms with Gasteiger partial charge in [-0.05, 0) is 50.1 Å². The van der Waals surface area contributed by atoms with Gasteiger partial charge in [0.05, 0.1) is 11.6 Å². The molecule has 0 aliphatic heterocycles. The van der Waals surface area contributed by atoms with E-state index < -0.39 is 11.7 Å². The molecule has 1 heterocycles. The summed E-state index contributed by atoms with van der Waals surface area (Å²) in [6.45, 7) is 5.76.